The van der Waals surface area contributed by atoms with E-state index < -0.39 is 6.10 Å². The molecule has 0 saturated heterocycles. The van der Waals surface area contributed by atoms with Crippen LogP contribution in [0.5, 0.6) is 5.75 Å². The third-order valence-electron chi connectivity index (χ3n) is 7.48. The molecule has 6 rings (SSSR count). The van der Waals surface area contributed by atoms with Crippen LogP contribution in [0, 0.1) is 0 Å². The summed E-state index contributed by atoms with van der Waals surface area (Å²) in [5.74, 6) is 0.722. The lowest BCUT2D eigenvalue weighted by Gasteiger charge is -2.25. The summed E-state index contributed by atoms with van der Waals surface area (Å²) in [6.07, 6.45) is 3.05. The molecule has 1 atom stereocenters. The first-order valence-corrected chi connectivity index (χ1v) is 13.0. The summed E-state index contributed by atoms with van der Waals surface area (Å²) in [6, 6.07) is 25.9. The van der Waals surface area contributed by atoms with Crippen molar-refractivity contribution < 1.29 is 19.2 Å². The van der Waals surface area contributed by atoms with Crippen molar-refractivity contribution in [3.8, 4) is 5.75 Å². The van der Waals surface area contributed by atoms with Crippen molar-refractivity contribution in [3.05, 3.63) is 118 Å². The van der Waals surface area contributed by atoms with Crippen molar-refractivity contribution >= 4 is 5.91 Å². The number of carbonyl (C=O) groups is 1. The van der Waals surface area contributed by atoms with Gasteiger partial charge in [0.05, 0.1) is 18.3 Å². The van der Waals surface area contributed by atoms with E-state index in [4.69, 9.17) is 9.26 Å². The van der Waals surface area contributed by atoms with Crippen LogP contribution in [-0.4, -0.2) is 34.2 Å². The molecule has 0 fully saturated rings. The first-order valence-electron chi connectivity index (χ1n) is 13.0. The Balaban J connectivity index is 1.30. The van der Waals surface area contributed by atoms with Gasteiger partial charge in [-0.2, -0.15) is 0 Å². The van der Waals surface area contributed by atoms with Gasteiger partial charge in [-0.15, -0.1) is 0 Å². The van der Waals surface area contributed by atoms with Crippen LogP contribution in [0.25, 0.3) is 0 Å². The number of ether oxygens (including phenoxy) is 1. The van der Waals surface area contributed by atoms with Gasteiger partial charge in [-0.25, -0.2) is 0 Å². The number of aromatic nitrogens is 1. The van der Waals surface area contributed by atoms with E-state index in [1.165, 1.54) is 0 Å². The average molecular weight is 495 g/mol. The molecule has 0 radical (unpaired) electrons. The lowest BCUT2D eigenvalue weighted by atomic mass is 9.83. The SMILES string of the molecule is O=C(c1onc2c1CCCC2)N1CCOc2ccc([C@H](O)C(c3ccccc3)c3ccccc3)cc2C1. The van der Waals surface area contributed by atoms with Crippen molar-refractivity contribution in [1.29, 1.82) is 0 Å². The molecule has 1 aromatic heterocycles. The Hall–Kier alpha value is -3.90. The molecule has 37 heavy (non-hydrogen) atoms. The number of amides is 1. The number of fused-ring (bicyclic) bond motifs is 2. The number of nitrogens with zero attached hydrogens (tertiary/aromatic N) is 2. The predicted octanol–water partition coefficient (Wildman–Crippen LogP) is 5.45. The monoisotopic (exact) mass is 494 g/mol. The molecular weight excluding hydrogens is 464 g/mol. The highest BCUT2D eigenvalue weighted by Gasteiger charge is 2.30. The summed E-state index contributed by atoms with van der Waals surface area (Å²) in [5, 5.41) is 15.8. The first kappa shape index (κ1) is 23.5. The number of hydrogen-bond donors (Lipinski definition) is 1. The summed E-state index contributed by atoms with van der Waals surface area (Å²) in [4.78, 5) is 15.2. The van der Waals surface area contributed by atoms with E-state index in [-0.39, 0.29) is 11.8 Å². The summed E-state index contributed by atoms with van der Waals surface area (Å²) in [7, 11) is 0. The van der Waals surface area contributed by atoms with Crippen LogP contribution in [0.15, 0.2) is 83.4 Å². The van der Waals surface area contributed by atoms with Gasteiger partial charge in [0.15, 0.2) is 0 Å². The smallest absolute Gasteiger partial charge is 0.293 e. The Morgan fingerprint density at radius 2 is 1.59 bits per heavy atom. The number of aryl methyl sites for hydroxylation is 1. The molecule has 6 heteroatoms. The molecule has 1 aliphatic carbocycles. The van der Waals surface area contributed by atoms with Crippen molar-refractivity contribution in [2.45, 2.75) is 44.2 Å². The minimum Gasteiger partial charge on any atom is -0.491 e. The van der Waals surface area contributed by atoms with E-state index in [0.717, 1.165) is 64.9 Å². The molecule has 6 nitrogen and oxygen atoms in total. The number of hydrogen-bond acceptors (Lipinski definition) is 5. The number of aliphatic hydroxyl groups is 1. The highest BCUT2D eigenvalue weighted by atomic mass is 16.5. The van der Waals surface area contributed by atoms with Gasteiger partial charge in [-0.3, -0.25) is 4.79 Å². The summed E-state index contributed by atoms with van der Waals surface area (Å²) < 4.78 is 11.5. The van der Waals surface area contributed by atoms with Crippen molar-refractivity contribution in [1.82, 2.24) is 10.1 Å². The number of rotatable bonds is 5. The van der Waals surface area contributed by atoms with E-state index in [9.17, 15) is 9.90 Å². The molecule has 0 saturated carbocycles. The van der Waals surface area contributed by atoms with Crippen LogP contribution in [0.4, 0.5) is 0 Å². The second-order valence-electron chi connectivity index (χ2n) is 9.83. The molecule has 2 heterocycles. The fourth-order valence-corrected chi connectivity index (χ4v) is 5.54. The molecule has 1 amide bonds. The van der Waals surface area contributed by atoms with Crippen LogP contribution in [0.2, 0.25) is 0 Å². The van der Waals surface area contributed by atoms with Gasteiger partial charge in [0.1, 0.15) is 12.4 Å². The zero-order chi connectivity index (χ0) is 25.2. The molecular formula is C31H30N2O4. The Morgan fingerprint density at radius 3 is 2.32 bits per heavy atom. The summed E-state index contributed by atoms with van der Waals surface area (Å²) in [5.41, 5.74) is 5.61. The van der Waals surface area contributed by atoms with Crippen molar-refractivity contribution in [2.75, 3.05) is 13.2 Å². The molecule has 0 spiro atoms. The van der Waals surface area contributed by atoms with Crippen LogP contribution in [-0.2, 0) is 19.4 Å². The van der Waals surface area contributed by atoms with E-state index in [2.05, 4.69) is 5.16 Å². The maximum atomic E-state index is 13.5. The van der Waals surface area contributed by atoms with Gasteiger partial charge in [0, 0.05) is 23.6 Å². The minimum absolute atomic E-state index is 0.149. The molecule has 188 valence electrons. The zero-order valence-corrected chi connectivity index (χ0v) is 20.7. The number of aliphatic hydroxyl groups excluding tert-OH is 1. The first-order chi connectivity index (χ1) is 18.2. The lowest BCUT2D eigenvalue weighted by molar-refractivity contribution is 0.0689. The van der Waals surface area contributed by atoms with Gasteiger partial charge in [-0.1, -0.05) is 71.9 Å². The Bertz CT molecular complexity index is 1340. The van der Waals surface area contributed by atoms with Gasteiger partial charge in [0.2, 0.25) is 5.76 Å². The predicted molar refractivity (Wildman–Crippen MR) is 140 cm³/mol. The van der Waals surface area contributed by atoms with E-state index in [1.54, 1.807) is 4.90 Å². The molecule has 1 N–H and O–H groups in total. The van der Waals surface area contributed by atoms with Crippen molar-refractivity contribution in [3.63, 3.8) is 0 Å². The molecule has 1 aliphatic heterocycles. The third kappa shape index (κ3) is 4.65. The summed E-state index contributed by atoms with van der Waals surface area (Å²) >= 11 is 0. The lowest BCUT2D eigenvalue weighted by Crippen LogP contribution is -2.33. The Kier molecular flexibility index (Phi) is 6.49. The zero-order valence-electron chi connectivity index (χ0n) is 20.7. The Labute approximate surface area is 216 Å². The van der Waals surface area contributed by atoms with Crippen LogP contribution >= 0.6 is 0 Å². The molecule has 2 aliphatic rings. The quantitative estimate of drug-likeness (QED) is 0.399. The maximum Gasteiger partial charge on any atom is 0.293 e. The van der Waals surface area contributed by atoms with E-state index in [0.29, 0.717) is 25.5 Å². The second kappa shape index (κ2) is 10.2. The molecule has 0 bridgehead atoms. The van der Waals surface area contributed by atoms with Gasteiger partial charge < -0.3 is 19.3 Å². The fraction of sp³-hybridized carbons (Fsp3) is 0.290. The van der Waals surface area contributed by atoms with Crippen molar-refractivity contribution in [2.24, 2.45) is 0 Å². The van der Waals surface area contributed by atoms with Crippen LogP contribution in [0.3, 0.4) is 0 Å². The number of benzene rings is 3. The van der Waals surface area contributed by atoms with E-state index in [1.807, 2.05) is 78.9 Å². The highest BCUT2D eigenvalue weighted by molar-refractivity contribution is 5.93. The average Bonchev–Trinajstić information content (AvgIpc) is 3.26. The van der Waals surface area contributed by atoms with Crippen LogP contribution in [0.1, 0.15) is 68.9 Å². The molecule has 0 unspecified atom stereocenters. The standard InChI is InChI=1S/C31H30N2O4/c34-29(28(21-9-3-1-4-10-21)22-11-5-2-6-12-22)23-15-16-27-24(19-23)20-33(17-18-36-27)31(35)30-25-13-7-8-14-26(25)32-37-30/h1-6,9-12,15-16,19,28-29,34H,7-8,13-14,17-18,20H2/t29-/m0/s1. The summed E-state index contributed by atoms with van der Waals surface area (Å²) in [6.45, 7) is 1.23. The Morgan fingerprint density at radius 1 is 0.892 bits per heavy atom. The van der Waals surface area contributed by atoms with Gasteiger partial charge in [-0.05, 0) is 54.5 Å². The second-order valence-corrected chi connectivity index (χ2v) is 9.83. The van der Waals surface area contributed by atoms with E-state index >= 15 is 0 Å². The fourth-order valence-electron chi connectivity index (χ4n) is 5.54. The largest absolute Gasteiger partial charge is 0.491 e. The maximum absolute atomic E-state index is 13.5. The minimum atomic E-state index is -0.774. The number of carbonyl (C=O) groups excluding carboxylic acids is 1. The normalized spacial score (nSPS) is 15.9. The highest BCUT2D eigenvalue weighted by Crippen LogP contribution is 2.38. The molecule has 4 aromatic rings. The topological polar surface area (TPSA) is 75.8 Å². The van der Waals surface area contributed by atoms with Crippen LogP contribution < -0.4 is 4.74 Å². The third-order valence-corrected chi connectivity index (χ3v) is 7.48. The van der Waals surface area contributed by atoms with Gasteiger partial charge >= 0.3 is 0 Å². The van der Waals surface area contributed by atoms with Gasteiger partial charge in [0.25, 0.3) is 5.91 Å². The molecule has 3 aromatic carbocycles.